The molecule has 0 bridgehead atoms. The second-order valence-electron chi connectivity index (χ2n) is 6.86. The van der Waals surface area contributed by atoms with Crippen molar-refractivity contribution < 1.29 is 28.8 Å². The van der Waals surface area contributed by atoms with Crippen LogP contribution in [0.15, 0.2) is 0 Å². The molecule has 0 unspecified atom stereocenters. The quantitative estimate of drug-likeness (QED) is 0.619. The zero-order chi connectivity index (χ0) is 16.9. The van der Waals surface area contributed by atoms with Crippen LogP contribution in [0.4, 0.5) is 0 Å². The lowest BCUT2D eigenvalue weighted by Crippen LogP contribution is -2.52. The average Bonchev–Trinajstić information content (AvgIpc) is 2.94. The standard InChI is InChI=1S/C17H32O6/c1-5-7-9-19-12-17(11-18)14(20-10-8-6-2)13-15(23-17)22-16(3,4)21-13/h13-15,18H,5-12H2,1-4H3/t13-,14+,15+,17-/m1/s1. The van der Waals surface area contributed by atoms with Crippen LogP contribution in [-0.2, 0) is 23.7 Å². The molecule has 2 fully saturated rings. The Morgan fingerprint density at radius 3 is 2.35 bits per heavy atom. The van der Waals surface area contributed by atoms with E-state index >= 15 is 0 Å². The van der Waals surface area contributed by atoms with E-state index in [1.807, 2.05) is 13.8 Å². The maximum Gasteiger partial charge on any atom is 0.190 e. The molecule has 0 radical (unpaired) electrons. The Kier molecular flexibility index (Phi) is 6.83. The SMILES string of the molecule is CCCCOC[C@@]1(CO)O[C@@H]2OC(C)(C)O[C@@H]2[C@@H]1OCCCC. The third kappa shape index (κ3) is 4.44. The fourth-order valence-electron chi connectivity index (χ4n) is 3.03. The minimum absolute atomic E-state index is 0.184. The topological polar surface area (TPSA) is 66.4 Å². The molecule has 0 spiro atoms. The molecule has 0 aromatic carbocycles. The summed E-state index contributed by atoms with van der Waals surface area (Å²) in [6, 6.07) is 0. The summed E-state index contributed by atoms with van der Waals surface area (Å²) in [5.41, 5.74) is -0.923. The lowest BCUT2D eigenvalue weighted by Gasteiger charge is -2.35. The Morgan fingerprint density at radius 1 is 1.00 bits per heavy atom. The van der Waals surface area contributed by atoms with E-state index in [0.29, 0.717) is 13.2 Å². The number of rotatable bonds is 10. The van der Waals surface area contributed by atoms with Gasteiger partial charge in [-0.05, 0) is 26.7 Å². The van der Waals surface area contributed by atoms with Crippen LogP contribution in [0.5, 0.6) is 0 Å². The third-order valence-corrected chi connectivity index (χ3v) is 4.31. The summed E-state index contributed by atoms with van der Waals surface area (Å²) >= 11 is 0. The molecule has 2 saturated heterocycles. The van der Waals surface area contributed by atoms with Crippen molar-refractivity contribution in [3.8, 4) is 0 Å². The molecule has 2 heterocycles. The molecule has 6 heteroatoms. The number of ether oxygens (including phenoxy) is 5. The molecule has 4 atom stereocenters. The molecule has 2 rings (SSSR count). The van der Waals surface area contributed by atoms with Crippen molar-refractivity contribution in [1.29, 1.82) is 0 Å². The Labute approximate surface area is 139 Å². The summed E-state index contributed by atoms with van der Waals surface area (Å²) in [5.74, 6) is -0.702. The third-order valence-electron chi connectivity index (χ3n) is 4.31. The Bertz CT molecular complexity index is 361. The maximum absolute atomic E-state index is 9.99. The Morgan fingerprint density at radius 2 is 1.70 bits per heavy atom. The summed E-state index contributed by atoms with van der Waals surface area (Å²) < 4.78 is 29.6. The Hall–Kier alpha value is -0.240. The summed E-state index contributed by atoms with van der Waals surface area (Å²) in [6.45, 7) is 9.29. The number of fused-ring (bicyclic) bond motifs is 1. The number of hydrogen-bond acceptors (Lipinski definition) is 6. The largest absolute Gasteiger partial charge is 0.393 e. The van der Waals surface area contributed by atoms with Crippen molar-refractivity contribution in [1.82, 2.24) is 0 Å². The van der Waals surface area contributed by atoms with Gasteiger partial charge in [-0.15, -0.1) is 0 Å². The van der Waals surface area contributed by atoms with Crippen LogP contribution in [0.2, 0.25) is 0 Å². The second-order valence-corrected chi connectivity index (χ2v) is 6.86. The van der Waals surface area contributed by atoms with Gasteiger partial charge < -0.3 is 28.8 Å². The number of hydrogen-bond donors (Lipinski definition) is 1. The number of unbranched alkanes of at least 4 members (excludes halogenated alkanes) is 2. The van der Waals surface area contributed by atoms with Gasteiger partial charge >= 0.3 is 0 Å². The van der Waals surface area contributed by atoms with E-state index in [2.05, 4.69) is 13.8 Å². The fourth-order valence-corrected chi connectivity index (χ4v) is 3.03. The molecule has 0 aromatic heterocycles. The number of aliphatic hydroxyl groups is 1. The summed E-state index contributed by atoms with van der Waals surface area (Å²) in [7, 11) is 0. The Balaban J connectivity index is 2.05. The van der Waals surface area contributed by atoms with Gasteiger partial charge in [0.1, 0.15) is 17.8 Å². The maximum atomic E-state index is 9.99. The van der Waals surface area contributed by atoms with Crippen LogP contribution < -0.4 is 0 Å². The van der Waals surface area contributed by atoms with Crippen molar-refractivity contribution >= 4 is 0 Å². The van der Waals surface area contributed by atoms with Crippen molar-refractivity contribution in [2.45, 2.75) is 83.3 Å². The van der Waals surface area contributed by atoms with Gasteiger partial charge in [-0.2, -0.15) is 0 Å². The highest BCUT2D eigenvalue weighted by atomic mass is 16.8. The minimum Gasteiger partial charge on any atom is -0.393 e. The first kappa shape index (κ1) is 19.1. The summed E-state index contributed by atoms with van der Waals surface area (Å²) in [5, 5.41) is 9.99. The van der Waals surface area contributed by atoms with E-state index in [9.17, 15) is 5.11 Å². The highest BCUT2D eigenvalue weighted by Gasteiger charge is 2.62. The van der Waals surface area contributed by atoms with Gasteiger partial charge in [-0.3, -0.25) is 0 Å². The molecule has 2 aliphatic rings. The summed E-state index contributed by atoms with van der Waals surface area (Å²) in [6.07, 6.45) is 2.78. The van der Waals surface area contributed by atoms with Crippen LogP contribution in [-0.4, -0.2) is 61.4 Å². The van der Waals surface area contributed by atoms with Crippen LogP contribution in [0.25, 0.3) is 0 Å². The predicted molar refractivity (Wildman–Crippen MR) is 85.1 cm³/mol. The van der Waals surface area contributed by atoms with E-state index in [1.54, 1.807) is 0 Å². The normalized spacial score (nSPS) is 35.6. The van der Waals surface area contributed by atoms with Gasteiger partial charge in [-0.25, -0.2) is 0 Å². The molecule has 6 nitrogen and oxygen atoms in total. The zero-order valence-corrected chi connectivity index (χ0v) is 14.9. The molecule has 2 aliphatic heterocycles. The van der Waals surface area contributed by atoms with E-state index < -0.39 is 23.8 Å². The minimum atomic E-state index is -0.923. The van der Waals surface area contributed by atoms with E-state index in [4.69, 9.17) is 23.7 Å². The molecule has 0 aliphatic carbocycles. The predicted octanol–water partition coefficient (Wildman–Crippen LogP) is 2.23. The van der Waals surface area contributed by atoms with Gasteiger partial charge in [0.05, 0.1) is 13.2 Å². The van der Waals surface area contributed by atoms with Crippen LogP contribution in [0.3, 0.4) is 0 Å². The molecule has 1 N–H and O–H groups in total. The van der Waals surface area contributed by atoms with E-state index in [-0.39, 0.29) is 19.3 Å². The molecular formula is C17H32O6. The molecule has 0 aromatic rings. The van der Waals surface area contributed by atoms with Gasteiger partial charge in [0.25, 0.3) is 0 Å². The zero-order valence-electron chi connectivity index (χ0n) is 14.9. The molecule has 23 heavy (non-hydrogen) atoms. The first-order valence-corrected chi connectivity index (χ1v) is 8.81. The van der Waals surface area contributed by atoms with Crippen molar-refractivity contribution in [3.63, 3.8) is 0 Å². The molecule has 0 amide bonds. The van der Waals surface area contributed by atoms with Crippen molar-refractivity contribution in [3.05, 3.63) is 0 Å². The monoisotopic (exact) mass is 332 g/mol. The number of aliphatic hydroxyl groups excluding tert-OH is 1. The van der Waals surface area contributed by atoms with Gasteiger partial charge in [0, 0.05) is 13.2 Å². The van der Waals surface area contributed by atoms with E-state index in [1.165, 1.54) is 0 Å². The molecule has 136 valence electrons. The van der Waals surface area contributed by atoms with Gasteiger partial charge in [-0.1, -0.05) is 26.7 Å². The molecule has 0 saturated carbocycles. The van der Waals surface area contributed by atoms with Crippen molar-refractivity contribution in [2.24, 2.45) is 0 Å². The van der Waals surface area contributed by atoms with Gasteiger partial charge in [0.15, 0.2) is 12.1 Å². The van der Waals surface area contributed by atoms with E-state index in [0.717, 1.165) is 25.7 Å². The lowest BCUT2D eigenvalue weighted by molar-refractivity contribution is -0.260. The first-order valence-electron chi connectivity index (χ1n) is 8.81. The molecular weight excluding hydrogens is 300 g/mol. The second kappa shape index (κ2) is 8.23. The highest BCUT2D eigenvalue weighted by molar-refractivity contribution is 5.04. The average molecular weight is 332 g/mol. The van der Waals surface area contributed by atoms with Gasteiger partial charge in [0.2, 0.25) is 0 Å². The van der Waals surface area contributed by atoms with Crippen LogP contribution in [0, 0.1) is 0 Å². The highest BCUT2D eigenvalue weighted by Crippen LogP contribution is 2.43. The summed E-state index contributed by atoms with van der Waals surface area (Å²) in [4.78, 5) is 0. The van der Waals surface area contributed by atoms with Crippen molar-refractivity contribution in [2.75, 3.05) is 26.4 Å². The van der Waals surface area contributed by atoms with Crippen LogP contribution in [0.1, 0.15) is 53.4 Å². The lowest BCUT2D eigenvalue weighted by atomic mass is 9.96. The van der Waals surface area contributed by atoms with Crippen LogP contribution >= 0.6 is 0 Å². The fraction of sp³-hybridized carbons (Fsp3) is 1.00. The smallest absolute Gasteiger partial charge is 0.190 e. The first-order chi connectivity index (χ1) is 11.0.